The molecule has 1 rings (SSSR count). The van der Waals surface area contributed by atoms with Gasteiger partial charge in [-0.2, -0.15) is 13.2 Å². The van der Waals surface area contributed by atoms with Crippen molar-refractivity contribution >= 4 is 0 Å². The van der Waals surface area contributed by atoms with Gasteiger partial charge in [-0.3, -0.25) is 0 Å². The first-order chi connectivity index (χ1) is 9.27. The molecular formula is C11H11F4N3O2. The molecule has 0 heterocycles. The number of aliphatic hydroxyl groups is 2. The van der Waals surface area contributed by atoms with Crippen molar-refractivity contribution in [3.63, 3.8) is 0 Å². The van der Waals surface area contributed by atoms with Gasteiger partial charge in [-0.25, -0.2) is 4.39 Å². The average molecular weight is 293 g/mol. The zero-order valence-corrected chi connectivity index (χ0v) is 10.0. The maximum absolute atomic E-state index is 12.9. The van der Waals surface area contributed by atoms with E-state index in [1.54, 1.807) is 0 Å². The minimum absolute atomic E-state index is 0.183. The van der Waals surface area contributed by atoms with Gasteiger partial charge >= 0.3 is 6.18 Å². The van der Waals surface area contributed by atoms with Crippen molar-refractivity contribution < 1.29 is 27.8 Å². The SMILES string of the molecule is [N-]=[N+]=NCCC(O)C(O)c1ccc(F)cc1C(F)(F)F. The number of aliphatic hydroxyl groups excluding tert-OH is 2. The first-order valence-corrected chi connectivity index (χ1v) is 5.51. The maximum Gasteiger partial charge on any atom is 0.416 e. The molecule has 20 heavy (non-hydrogen) atoms. The fraction of sp³-hybridized carbons (Fsp3) is 0.455. The average Bonchev–Trinajstić information content (AvgIpc) is 2.37. The molecule has 2 unspecified atom stereocenters. The first-order valence-electron chi connectivity index (χ1n) is 5.51. The molecule has 1 aromatic carbocycles. The Bertz CT molecular complexity index is 515. The van der Waals surface area contributed by atoms with Gasteiger partial charge in [0.2, 0.25) is 0 Å². The molecule has 0 radical (unpaired) electrons. The normalized spacial score (nSPS) is 14.5. The van der Waals surface area contributed by atoms with Crippen LogP contribution in [0.1, 0.15) is 23.7 Å². The topological polar surface area (TPSA) is 89.2 Å². The largest absolute Gasteiger partial charge is 0.416 e. The third-order valence-electron chi connectivity index (χ3n) is 2.59. The van der Waals surface area contributed by atoms with Crippen LogP contribution in [0.15, 0.2) is 23.3 Å². The lowest BCUT2D eigenvalue weighted by molar-refractivity contribution is -0.140. The van der Waals surface area contributed by atoms with E-state index in [2.05, 4.69) is 10.0 Å². The molecule has 110 valence electrons. The van der Waals surface area contributed by atoms with Crippen LogP contribution in [0, 0.1) is 5.82 Å². The summed E-state index contributed by atoms with van der Waals surface area (Å²) in [6, 6.07) is 1.77. The molecule has 0 saturated carbocycles. The number of hydrogen-bond acceptors (Lipinski definition) is 3. The van der Waals surface area contributed by atoms with Crippen LogP contribution in [0.5, 0.6) is 0 Å². The van der Waals surface area contributed by atoms with Crippen molar-refractivity contribution in [3.8, 4) is 0 Å². The lowest BCUT2D eigenvalue weighted by Gasteiger charge is -2.21. The van der Waals surface area contributed by atoms with E-state index in [-0.39, 0.29) is 19.0 Å². The molecule has 2 atom stereocenters. The molecule has 5 nitrogen and oxygen atoms in total. The molecule has 9 heteroatoms. The number of halogens is 4. The molecule has 0 fully saturated rings. The summed E-state index contributed by atoms with van der Waals surface area (Å²) in [5.74, 6) is -1.10. The molecule has 0 aliphatic carbocycles. The van der Waals surface area contributed by atoms with Crippen LogP contribution < -0.4 is 0 Å². The summed E-state index contributed by atoms with van der Waals surface area (Å²) in [6.45, 7) is -0.183. The van der Waals surface area contributed by atoms with E-state index in [1.165, 1.54) is 0 Å². The van der Waals surface area contributed by atoms with Crippen LogP contribution in [0.2, 0.25) is 0 Å². The van der Waals surface area contributed by atoms with Gasteiger partial charge in [0.1, 0.15) is 11.9 Å². The lowest BCUT2D eigenvalue weighted by Crippen LogP contribution is -2.22. The molecule has 0 spiro atoms. The Morgan fingerprint density at radius 1 is 1.30 bits per heavy atom. The zero-order chi connectivity index (χ0) is 15.3. The lowest BCUT2D eigenvalue weighted by atomic mass is 9.96. The highest BCUT2D eigenvalue weighted by Crippen LogP contribution is 2.36. The van der Waals surface area contributed by atoms with Gasteiger partial charge < -0.3 is 10.2 Å². The zero-order valence-electron chi connectivity index (χ0n) is 10.0. The van der Waals surface area contributed by atoms with Crippen molar-refractivity contribution in [3.05, 3.63) is 45.6 Å². The molecular weight excluding hydrogens is 282 g/mol. The number of rotatable bonds is 5. The number of azide groups is 1. The Labute approximate surface area is 111 Å². The van der Waals surface area contributed by atoms with Crippen LogP contribution in [0.25, 0.3) is 10.4 Å². The summed E-state index contributed by atoms with van der Waals surface area (Å²) in [4.78, 5) is 2.41. The highest BCUT2D eigenvalue weighted by molar-refractivity contribution is 5.32. The van der Waals surface area contributed by atoms with Crippen molar-refractivity contribution in [2.75, 3.05) is 6.54 Å². The summed E-state index contributed by atoms with van der Waals surface area (Å²) < 4.78 is 51.1. The first kappa shape index (κ1) is 16.2. The summed E-state index contributed by atoms with van der Waals surface area (Å²) in [7, 11) is 0. The van der Waals surface area contributed by atoms with E-state index in [0.717, 1.165) is 12.1 Å². The standard InChI is InChI=1S/C11H11F4N3O2/c12-6-1-2-7(8(5-6)11(13,14)15)10(20)9(19)3-4-17-18-16/h1-2,5,9-10,19-20H,3-4H2. The second kappa shape index (κ2) is 6.56. The van der Waals surface area contributed by atoms with Crippen molar-refractivity contribution in [1.82, 2.24) is 0 Å². The van der Waals surface area contributed by atoms with Gasteiger partial charge in [0.25, 0.3) is 0 Å². The van der Waals surface area contributed by atoms with E-state index < -0.39 is 35.3 Å². The molecule has 0 aliphatic heterocycles. The van der Waals surface area contributed by atoms with Crippen molar-refractivity contribution in [2.45, 2.75) is 24.8 Å². The van der Waals surface area contributed by atoms with Gasteiger partial charge in [0.05, 0.1) is 11.7 Å². The second-order valence-corrected chi connectivity index (χ2v) is 3.98. The van der Waals surface area contributed by atoms with Crippen LogP contribution in [-0.2, 0) is 6.18 Å². The monoisotopic (exact) mass is 293 g/mol. The number of hydrogen-bond donors (Lipinski definition) is 2. The number of benzene rings is 1. The van der Waals surface area contributed by atoms with Crippen LogP contribution in [0.4, 0.5) is 17.6 Å². The number of nitrogens with zero attached hydrogens (tertiary/aromatic N) is 3. The third-order valence-corrected chi connectivity index (χ3v) is 2.59. The summed E-state index contributed by atoms with van der Waals surface area (Å²) in [5, 5.41) is 22.4. The van der Waals surface area contributed by atoms with E-state index in [1.807, 2.05) is 0 Å². The smallest absolute Gasteiger partial charge is 0.390 e. The van der Waals surface area contributed by atoms with E-state index in [4.69, 9.17) is 5.53 Å². The molecule has 0 saturated heterocycles. The van der Waals surface area contributed by atoms with Crippen molar-refractivity contribution in [1.29, 1.82) is 0 Å². The highest BCUT2D eigenvalue weighted by atomic mass is 19.4. The van der Waals surface area contributed by atoms with Gasteiger partial charge in [-0.05, 0) is 29.6 Å². The van der Waals surface area contributed by atoms with E-state index in [0.29, 0.717) is 0 Å². The highest BCUT2D eigenvalue weighted by Gasteiger charge is 2.36. The summed E-state index contributed by atoms with van der Waals surface area (Å²) >= 11 is 0. The minimum Gasteiger partial charge on any atom is -0.390 e. The Balaban J connectivity index is 3.03. The van der Waals surface area contributed by atoms with Crippen LogP contribution in [0.3, 0.4) is 0 Å². The summed E-state index contributed by atoms with van der Waals surface area (Å²) in [6.07, 6.45) is -8.50. The summed E-state index contributed by atoms with van der Waals surface area (Å²) in [5.41, 5.74) is 6.05. The van der Waals surface area contributed by atoms with Gasteiger partial charge in [0, 0.05) is 11.5 Å². The fourth-order valence-corrected chi connectivity index (χ4v) is 1.63. The fourth-order valence-electron chi connectivity index (χ4n) is 1.63. The molecule has 0 bridgehead atoms. The third kappa shape index (κ3) is 4.09. The maximum atomic E-state index is 12.9. The van der Waals surface area contributed by atoms with Crippen LogP contribution in [-0.4, -0.2) is 22.9 Å². The van der Waals surface area contributed by atoms with Gasteiger partial charge in [0.15, 0.2) is 0 Å². The molecule has 2 N–H and O–H groups in total. The Kier molecular flexibility index (Phi) is 5.32. The van der Waals surface area contributed by atoms with Crippen molar-refractivity contribution in [2.24, 2.45) is 5.11 Å². The Hall–Kier alpha value is -1.83. The van der Waals surface area contributed by atoms with Gasteiger partial charge in [-0.1, -0.05) is 11.2 Å². The molecule has 0 aliphatic rings. The van der Waals surface area contributed by atoms with E-state index in [9.17, 15) is 27.8 Å². The Morgan fingerprint density at radius 3 is 2.50 bits per heavy atom. The predicted octanol–water partition coefficient (Wildman–Crippen LogP) is 2.94. The van der Waals surface area contributed by atoms with Gasteiger partial charge in [-0.15, -0.1) is 0 Å². The molecule has 0 amide bonds. The quantitative estimate of drug-likeness (QED) is 0.378. The molecule has 1 aromatic rings. The number of alkyl halides is 3. The van der Waals surface area contributed by atoms with E-state index >= 15 is 0 Å². The second-order valence-electron chi connectivity index (χ2n) is 3.98. The predicted molar refractivity (Wildman–Crippen MR) is 61.0 cm³/mol. The Morgan fingerprint density at radius 2 is 1.95 bits per heavy atom. The molecule has 0 aromatic heterocycles. The minimum atomic E-state index is -4.86. The van der Waals surface area contributed by atoms with Crippen LogP contribution >= 0.6 is 0 Å².